The van der Waals surface area contributed by atoms with Crippen LogP contribution in [0.25, 0.3) is 0 Å². The van der Waals surface area contributed by atoms with E-state index in [-0.39, 0.29) is 22.2 Å². The molecule has 12 heteroatoms. The van der Waals surface area contributed by atoms with Gasteiger partial charge in [-0.2, -0.15) is 18.9 Å². The van der Waals surface area contributed by atoms with Gasteiger partial charge >= 0.3 is 6.55 Å². The number of rotatable bonds is 6. The molecule has 0 aliphatic rings. The maximum absolute atomic E-state index is 12.9. The lowest BCUT2D eigenvalue weighted by Crippen LogP contribution is -2.16. The molecule has 1 N–H and O–H groups in total. The van der Waals surface area contributed by atoms with E-state index in [2.05, 4.69) is 19.9 Å². The summed E-state index contributed by atoms with van der Waals surface area (Å²) >= 11 is 5.93. The standard InChI is InChI=1S/C15H15ClF2N6O2S/c1-9-13(10(2)24(20-9)14(17)18)27(25,26)22-15-19-8-23(21-15)7-11-4-3-5-12(16)6-11/h3-6,8,14H,7H2,1-2H3,(H,21,22). The molecule has 2 aromatic heterocycles. The zero-order valence-corrected chi connectivity index (χ0v) is 15.8. The quantitative estimate of drug-likeness (QED) is 0.666. The lowest BCUT2D eigenvalue weighted by Gasteiger charge is -2.06. The number of alkyl halides is 2. The summed E-state index contributed by atoms with van der Waals surface area (Å²) in [7, 11) is -4.18. The van der Waals surface area contributed by atoms with Crippen molar-refractivity contribution in [3.05, 3.63) is 52.6 Å². The van der Waals surface area contributed by atoms with Crippen LogP contribution in [-0.2, 0) is 16.6 Å². The van der Waals surface area contributed by atoms with Crippen LogP contribution in [-0.4, -0.2) is 33.0 Å². The van der Waals surface area contributed by atoms with Crippen molar-refractivity contribution in [1.82, 2.24) is 24.5 Å². The molecule has 0 unspecified atom stereocenters. The van der Waals surface area contributed by atoms with E-state index in [1.807, 2.05) is 6.07 Å². The van der Waals surface area contributed by atoms with Crippen molar-refractivity contribution >= 4 is 27.6 Å². The van der Waals surface area contributed by atoms with Gasteiger partial charge in [0, 0.05) is 5.02 Å². The zero-order valence-electron chi connectivity index (χ0n) is 14.3. The van der Waals surface area contributed by atoms with E-state index in [0.29, 0.717) is 16.2 Å². The molecule has 0 aliphatic heterocycles. The van der Waals surface area contributed by atoms with E-state index in [1.54, 1.807) is 18.2 Å². The Labute approximate surface area is 158 Å². The molecule has 0 atom stereocenters. The summed E-state index contributed by atoms with van der Waals surface area (Å²) in [4.78, 5) is 3.57. The van der Waals surface area contributed by atoms with Gasteiger partial charge in [-0.15, -0.1) is 5.10 Å². The predicted molar refractivity (Wildman–Crippen MR) is 94.3 cm³/mol. The third-order valence-electron chi connectivity index (χ3n) is 3.71. The lowest BCUT2D eigenvalue weighted by atomic mass is 10.2. The van der Waals surface area contributed by atoms with Gasteiger partial charge in [-0.25, -0.2) is 22.5 Å². The third kappa shape index (κ3) is 4.08. The fourth-order valence-electron chi connectivity index (χ4n) is 2.64. The summed E-state index contributed by atoms with van der Waals surface area (Å²) in [5, 5.41) is 8.19. The van der Waals surface area contributed by atoms with Gasteiger partial charge in [-0.1, -0.05) is 23.7 Å². The van der Waals surface area contributed by atoms with Crippen LogP contribution in [0.2, 0.25) is 5.02 Å². The van der Waals surface area contributed by atoms with E-state index < -0.39 is 16.6 Å². The highest BCUT2D eigenvalue weighted by molar-refractivity contribution is 7.92. The van der Waals surface area contributed by atoms with E-state index in [0.717, 1.165) is 5.56 Å². The number of hydrogen-bond donors (Lipinski definition) is 1. The molecule has 2 heterocycles. The molecule has 0 aliphatic carbocycles. The second-order valence-electron chi connectivity index (χ2n) is 5.72. The Balaban J connectivity index is 1.82. The number of aryl methyl sites for hydroxylation is 1. The molecule has 27 heavy (non-hydrogen) atoms. The number of aromatic nitrogens is 5. The van der Waals surface area contributed by atoms with Crippen LogP contribution < -0.4 is 4.72 Å². The van der Waals surface area contributed by atoms with E-state index in [1.165, 1.54) is 24.9 Å². The minimum absolute atomic E-state index is 0.0429. The van der Waals surface area contributed by atoms with Crippen molar-refractivity contribution in [2.24, 2.45) is 0 Å². The molecule has 0 saturated heterocycles. The molecular weight excluding hydrogens is 402 g/mol. The van der Waals surface area contributed by atoms with Gasteiger partial charge in [-0.3, -0.25) is 0 Å². The van der Waals surface area contributed by atoms with Crippen LogP contribution in [0.1, 0.15) is 23.5 Å². The summed E-state index contributed by atoms with van der Waals surface area (Å²) in [6, 6.07) is 7.10. The molecule has 144 valence electrons. The normalized spacial score (nSPS) is 11.9. The Morgan fingerprint density at radius 3 is 2.63 bits per heavy atom. The molecule has 0 amide bonds. The molecule has 3 aromatic rings. The van der Waals surface area contributed by atoms with Crippen molar-refractivity contribution in [2.45, 2.75) is 31.8 Å². The Morgan fingerprint density at radius 2 is 2.00 bits per heavy atom. The molecule has 0 spiro atoms. The molecule has 1 aromatic carbocycles. The van der Waals surface area contributed by atoms with Crippen LogP contribution in [0.3, 0.4) is 0 Å². The van der Waals surface area contributed by atoms with Crippen LogP contribution >= 0.6 is 11.6 Å². The average Bonchev–Trinajstić information content (AvgIpc) is 3.10. The number of nitrogens with zero attached hydrogens (tertiary/aromatic N) is 5. The average molecular weight is 417 g/mol. The van der Waals surface area contributed by atoms with Gasteiger partial charge in [0.15, 0.2) is 0 Å². The maximum atomic E-state index is 12.9. The first-order valence-corrected chi connectivity index (χ1v) is 9.54. The maximum Gasteiger partial charge on any atom is 0.333 e. The van der Waals surface area contributed by atoms with Gasteiger partial charge < -0.3 is 0 Å². The van der Waals surface area contributed by atoms with Crippen molar-refractivity contribution in [2.75, 3.05) is 4.72 Å². The number of sulfonamides is 1. The summed E-state index contributed by atoms with van der Waals surface area (Å²) in [5.74, 6) is -0.180. The molecule has 0 fully saturated rings. The lowest BCUT2D eigenvalue weighted by molar-refractivity contribution is 0.0538. The van der Waals surface area contributed by atoms with Crippen molar-refractivity contribution in [1.29, 1.82) is 0 Å². The SMILES string of the molecule is Cc1nn(C(F)F)c(C)c1S(=O)(=O)Nc1ncn(Cc2cccc(Cl)c2)n1. The van der Waals surface area contributed by atoms with Gasteiger partial charge in [0.1, 0.15) is 11.2 Å². The Bertz CT molecular complexity index is 1080. The van der Waals surface area contributed by atoms with Gasteiger partial charge in [-0.05, 0) is 31.5 Å². The van der Waals surface area contributed by atoms with Gasteiger partial charge in [0.2, 0.25) is 0 Å². The molecule has 8 nitrogen and oxygen atoms in total. The highest BCUT2D eigenvalue weighted by atomic mass is 35.5. The predicted octanol–water partition coefficient (Wildman–Crippen LogP) is 2.99. The Morgan fingerprint density at radius 1 is 1.26 bits per heavy atom. The molecular formula is C15H15ClF2N6O2S. The summed E-state index contributed by atoms with van der Waals surface area (Å²) in [6.45, 7) is -0.0172. The highest BCUT2D eigenvalue weighted by Gasteiger charge is 2.28. The Hall–Kier alpha value is -2.53. The number of nitrogens with one attached hydrogen (secondary N) is 1. The number of halogens is 3. The first kappa shape index (κ1) is 19.2. The number of benzene rings is 1. The van der Waals surface area contributed by atoms with E-state index in [9.17, 15) is 17.2 Å². The van der Waals surface area contributed by atoms with Crippen LogP contribution in [0.5, 0.6) is 0 Å². The molecule has 0 radical (unpaired) electrons. The van der Waals surface area contributed by atoms with Crippen molar-refractivity contribution in [3.63, 3.8) is 0 Å². The summed E-state index contributed by atoms with van der Waals surface area (Å²) in [6.07, 6.45) is 1.35. The smallest absolute Gasteiger partial charge is 0.246 e. The second-order valence-corrected chi connectivity index (χ2v) is 7.78. The topological polar surface area (TPSA) is 94.7 Å². The number of hydrogen-bond acceptors (Lipinski definition) is 5. The Kier molecular flexibility index (Phi) is 5.16. The first-order valence-electron chi connectivity index (χ1n) is 7.68. The monoisotopic (exact) mass is 416 g/mol. The molecule has 3 rings (SSSR count). The van der Waals surface area contributed by atoms with Gasteiger partial charge in [0.25, 0.3) is 16.0 Å². The second kappa shape index (κ2) is 7.24. The minimum Gasteiger partial charge on any atom is -0.246 e. The van der Waals surface area contributed by atoms with Crippen LogP contribution in [0.15, 0.2) is 35.5 Å². The van der Waals surface area contributed by atoms with Gasteiger partial charge in [0.05, 0.1) is 17.9 Å². The van der Waals surface area contributed by atoms with Crippen LogP contribution in [0.4, 0.5) is 14.7 Å². The largest absolute Gasteiger partial charge is 0.333 e. The third-order valence-corrected chi connectivity index (χ3v) is 5.52. The van der Waals surface area contributed by atoms with Crippen LogP contribution in [0, 0.1) is 13.8 Å². The van der Waals surface area contributed by atoms with E-state index >= 15 is 0 Å². The zero-order chi connectivity index (χ0) is 19.8. The van der Waals surface area contributed by atoms with Crippen molar-refractivity contribution < 1.29 is 17.2 Å². The fourth-order valence-corrected chi connectivity index (χ4v) is 4.20. The highest BCUT2D eigenvalue weighted by Crippen LogP contribution is 2.24. The molecule has 0 saturated carbocycles. The van der Waals surface area contributed by atoms with E-state index in [4.69, 9.17) is 11.6 Å². The fraction of sp³-hybridized carbons (Fsp3) is 0.267. The summed E-state index contributed by atoms with van der Waals surface area (Å²) in [5.41, 5.74) is 0.638. The number of anilines is 1. The summed E-state index contributed by atoms with van der Waals surface area (Å²) < 4.78 is 55.0. The first-order chi connectivity index (χ1) is 12.7. The minimum atomic E-state index is -4.18. The molecule has 0 bridgehead atoms. The van der Waals surface area contributed by atoms with Crippen molar-refractivity contribution in [3.8, 4) is 0 Å².